The smallest absolute Gasteiger partial charge is 0.119 e. The van der Waals surface area contributed by atoms with E-state index in [1.165, 1.54) is 5.56 Å². The lowest BCUT2D eigenvalue weighted by molar-refractivity contribution is 0.413. The van der Waals surface area contributed by atoms with Crippen LogP contribution in [-0.2, 0) is 0 Å². The molecule has 19 heavy (non-hydrogen) atoms. The fourth-order valence-electron chi connectivity index (χ4n) is 1.98. The highest BCUT2D eigenvalue weighted by Crippen LogP contribution is 2.33. The number of thiophene rings is 1. The molecule has 1 heterocycles. The van der Waals surface area contributed by atoms with Gasteiger partial charge in [-0.3, -0.25) is 0 Å². The maximum Gasteiger partial charge on any atom is 0.119 e. The molecule has 4 heteroatoms. The SMILES string of the molecule is CCCNC(c1cccc(OC)c1)c1sccc1Cl. The van der Waals surface area contributed by atoms with Crippen molar-refractivity contribution >= 4 is 22.9 Å². The molecule has 1 N–H and O–H groups in total. The Morgan fingerprint density at radius 2 is 2.21 bits per heavy atom. The van der Waals surface area contributed by atoms with Crippen molar-refractivity contribution in [2.45, 2.75) is 19.4 Å². The molecule has 2 aromatic rings. The highest BCUT2D eigenvalue weighted by Gasteiger charge is 2.18. The van der Waals surface area contributed by atoms with Crippen molar-refractivity contribution in [3.8, 4) is 5.75 Å². The molecular formula is C15H18ClNOS. The maximum atomic E-state index is 6.28. The van der Waals surface area contributed by atoms with Crippen molar-refractivity contribution in [1.82, 2.24) is 5.32 Å². The van der Waals surface area contributed by atoms with Crippen LogP contribution in [0.1, 0.15) is 29.8 Å². The molecule has 2 rings (SSSR count). The van der Waals surface area contributed by atoms with E-state index in [4.69, 9.17) is 16.3 Å². The predicted molar refractivity (Wildman–Crippen MR) is 82.5 cm³/mol. The number of benzene rings is 1. The molecule has 1 unspecified atom stereocenters. The van der Waals surface area contributed by atoms with Gasteiger partial charge in [-0.2, -0.15) is 0 Å². The third kappa shape index (κ3) is 3.50. The Labute approximate surface area is 123 Å². The molecule has 102 valence electrons. The molecule has 0 fully saturated rings. The van der Waals surface area contributed by atoms with Crippen molar-refractivity contribution < 1.29 is 4.74 Å². The first-order chi connectivity index (χ1) is 9.26. The molecule has 0 aliphatic heterocycles. The topological polar surface area (TPSA) is 21.3 Å². The first kappa shape index (κ1) is 14.4. The zero-order valence-corrected chi connectivity index (χ0v) is 12.7. The summed E-state index contributed by atoms with van der Waals surface area (Å²) in [7, 11) is 1.69. The van der Waals surface area contributed by atoms with Gasteiger partial charge in [0, 0.05) is 4.88 Å². The fourth-order valence-corrected chi connectivity index (χ4v) is 3.25. The van der Waals surface area contributed by atoms with Crippen molar-refractivity contribution in [2.24, 2.45) is 0 Å². The van der Waals surface area contributed by atoms with Gasteiger partial charge in [0.1, 0.15) is 5.75 Å². The van der Waals surface area contributed by atoms with Gasteiger partial charge in [-0.05, 0) is 42.1 Å². The summed E-state index contributed by atoms with van der Waals surface area (Å²) in [4.78, 5) is 1.16. The van der Waals surface area contributed by atoms with Crippen LogP contribution in [0.3, 0.4) is 0 Å². The summed E-state index contributed by atoms with van der Waals surface area (Å²) in [5.41, 5.74) is 1.18. The van der Waals surface area contributed by atoms with Crippen LogP contribution in [0.15, 0.2) is 35.7 Å². The van der Waals surface area contributed by atoms with Crippen LogP contribution < -0.4 is 10.1 Å². The molecule has 1 aromatic carbocycles. The van der Waals surface area contributed by atoms with Crippen LogP contribution in [-0.4, -0.2) is 13.7 Å². The van der Waals surface area contributed by atoms with Crippen LogP contribution in [0.25, 0.3) is 0 Å². The summed E-state index contributed by atoms with van der Waals surface area (Å²) < 4.78 is 5.30. The summed E-state index contributed by atoms with van der Waals surface area (Å²) in [5.74, 6) is 0.869. The number of nitrogens with one attached hydrogen (secondary N) is 1. The van der Waals surface area contributed by atoms with Gasteiger partial charge in [0.15, 0.2) is 0 Å². The van der Waals surface area contributed by atoms with E-state index in [1.54, 1.807) is 18.4 Å². The van der Waals surface area contributed by atoms with Crippen LogP contribution in [0.4, 0.5) is 0 Å². The summed E-state index contributed by atoms with van der Waals surface area (Å²) in [5, 5.41) is 6.40. The monoisotopic (exact) mass is 295 g/mol. The molecule has 0 amide bonds. The fraction of sp³-hybridized carbons (Fsp3) is 0.333. The van der Waals surface area contributed by atoms with Crippen molar-refractivity contribution in [3.05, 3.63) is 51.2 Å². The van der Waals surface area contributed by atoms with Crippen molar-refractivity contribution in [3.63, 3.8) is 0 Å². The zero-order chi connectivity index (χ0) is 13.7. The van der Waals surface area contributed by atoms with Gasteiger partial charge in [-0.15, -0.1) is 11.3 Å². The molecule has 0 aliphatic carbocycles. The Kier molecular flexibility index (Phi) is 5.25. The third-order valence-electron chi connectivity index (χ3n) is 2.93. The second kappa shape index (κ2) is 6.94. The first-order valence-corrected chi connectivity index (χ1v) is 7.62. The molecule has 1 aromatic heterocycles. The lowest BCUT2D eigenvalue weighted by Gasteiger charge is -2.19. The number of hydrogen-bond donors (Lipinski definition) is 1. The Morgan fingerprint density at radius 1 is 1.37 bits per heavy atom. The van der Waals surface area contributed by atoms with E-state index in [1.807, 2.05) is 23.6 Å². The van der Waals surface area contributed by atoms with Crippen molar-refractivity contribution in [1.29, 1.82) is 0 Å². The van der Waals surface area contributed by atoms with E-state index in [9.17, 15) is 0 Å². The predicted octanol–water partition coefficient (Wildman–Crippen LogP) is 4.50. The third-order valence-corrected chi connectivity index (χ3v) is 4.36. The summed E-state index contributed by atoms with van der Waals surface area (Å²) in [6, 6.07) is 10.2. The maximum absolute atomic E-state index is 6.28. The van der Waals surface area contributed by atoms with E-state index >= 15 is 0 Å². The molecule has 0 aliphatic rings. The van der Waals surface area contributed by atoms with Gasteiger partial charge in [-0.1, -0.05) is 30.7 Å². The van der Waals surface area contributed by atoms with E-state index in [0.29, 0.717) is 0 Å². The number of hydrogen-bond acceptors (Lipinski definition) is 3. The van der Waals surface area contributed by atoms with Crippen LogP contribution in [0.2, 0.25) is 5.02 Å². The van der Waals surface area contributed by atoms with Crippen molar-refractivity contribution in [2.75, 3.05) is 13.7 Å². The average Bonchev–Trinajstić information content (AvgIpc) is 2.86. The lowest BCUT2D eigenvalue weighted by Crippen LogP contribution is -2.22. The van der Waals surface area contributed by atoms with Gasteiger partial charge in [0.05, 0.1) is 18.2 Å². The molecule has 0 saturated carbocycles. The van der Waals surface area contributed by atoms with E-state index in [0.717, 1.165) is 28.6 Å². The van der Waals surface area contributed by atoms with Crippen LogP contribution >= 0.6 is 22.9 Å². The van der Waals surface area contributed by atoms with E-state index in [2.05, 4.69) is 24.4 Å². The first-order valence-electron chi connectivity index (χ1n) is 6.36. The zero-order valence-electron chi connectivity index (χ0n) is 11.2. The number of ether oxygens (including phenoxy) is 1. The quantitative estimate of drug-likeness (QED) is 0.847. The second-order valence-corrected chi connectivity index (χ2v) is 5.65. The van der Waals surface area contributed by atoms with Crippen LogP contribution in [0, 0.1) is 0 Å². The minimum absolute atomic E-state index is 0.127. The van der Waals surface area contributed by atoms with Gasteiger partial charge >= 0.3 is 0 Å². The Bertz CT molecular complexity index is 526. The molecule has 0 spiro atoms. The molecular weight excluding hydrogens is 278 g/mol. The molecule has 1 atom stereocenters. The van der Waals surface area contributed by atoms with Gasteiger partial charge < -0.3 is 10.1 Å². The van der Waals surface area contributed by atoms with E-state index in [-0.39, 0.29) is 6.04 Å². The normalized spacial score (nSPS) is 12.4. The Hall–Kier alpha value is -1.03. The molecule has 0 bridgehead atoms. The highest BCUT2D eigenvalue weighted by atomic mass is 35.5. The van der Waals surface area contributed by atoms with Crippen LogP contribution in [0.5, 0.6) is 5.75 Å². The van der Waals surface area contributed by atoms with Gasteiger partial charge in [-0.25, -0.2) is 0 Å². The second-order valence-electron chi connectivity index (χ2n) is 4.30. The number of halogens is 1. The minimum Gasteiger partial charge on any atom is -0.497 e. The van der Waals surface area contributed by atoms with E-state index < -0.39 is 0 Å². The molecule has 0 radical (unpaired) electrons. The Balaban J connectivity index is 2.34. The number of methoxy groups -OCH3 is 1. The Morgan fingerprint density at radius 3 is 2.84 bits per heavy atom. The lowest BCUT2D eigenvalue weighted by atomic mass is 10.0. The minimum atomic E-state index is 0.127. The molecule has 0 saturated heterocycles. The van der Waals surface area contributed by atoms with Gasteiger partial charge in [0.25, 0.3) is 0 Å². The summed E-state index contributed by atoms with van der Waals surface area (Å²) >= 11 is 7.96. The number of rotatable bonds is 6. The molecule has 2 nitrogen and oxygen atoms in total. The summed E-state index contributed by atoms with van der Waals surface area (Å²) in [6.45, 7) is 3.11. The summed E-state index contributed by atoms with van der Waals surface area (Å²) in [6.07, 6.45) is 1.09. The largest absolute Gasteiger partial charge is 0.497 e. The highest BCUT2D eigenvalue weighted by molar-refractivity contribution is 7.10. The average molecular weight is 296 g/mol. The van der Waals surface area contributed by atoms with Gasteiger partial charge in [0.2, 0.25) is 0 Å². The standard InChI is InChI=1S/C15H18ClNOS/c1-3-8-17-14(15-13(16)7-9-19-15)11-5-4-6-12(10-11)18-2/h4-7,9-10,14,17H,3,8H2,1-2H3.